The number of allylic oxidation sites excluding steroid dienone is 1. The zero-order valence-electron chi connectivity index (χ0n) is 17.2. The Balaban J connectivity index is 0.000000485. The molecule has 0 radical (unpaired) electrons. The Bertz CT molecular complexity index is 835. The summed E-state index contributed by atoms with van der Waals surface area (Å²) in [6, 6.07) is 8.52. The van der Waals surface area contributed by atoms with Gasteiger partial charge in [0.1, 0.15) is 5.69 Å². The molecule has 3 rings (SSSR count). The number of aryl methyl sites for hydroxylation is 1. The van der Waals surface area contributed by atoms with Crippen LogP contribution in [-0.4, -0.2) is 42.1 Å². The Labute approximate surface area is 167 Å². The van der Waals surface area contributed by atoms with Crippen LogP contribution in [0.4, 0.5) is 0 Å². The van der Waals surface area contributed by atoms with Crippen molar-refractivity contribution >= 4 is 18.3 Å². The van der Waals surface area contributed by atoms with Crippen LogP contribution in [0.5, 0.6) is 0 Å². The van der Waals surface area contributed by atoms with Gasteiger partial charge in [0, 0.05) is 13.1 Å². The molecule has 1 aromatic heterocycles. The van der Waals surface area contributed by atoms with Crippen LogP contribution in [0.1, 0.15) is 63.9 Å². The summed E-state index contributed by atoms with van der Waals surface area (Å²) in [5.74, 6) is -0.303. The van der Waals surface area contributed by atoms with E-state index in [-0.39, 0.29) is 11.6 Å². The van der Waals surface area contributed by atoms with E-state index in [9.17, 15) is 9.59 Å². The first-order valence-electron chi connectivity index (χ1n) is 9.70. The van der Waals surface area contributed by atoms with Gasteiger partial charge in [-0.3, -0.25) is 14.3 Å². The maximum absolute atomic E-state index is 11.7. The first kappa shape index (κ1) is 21.6. The van der Waals surface area contributed by atoms with E-state index in [1.165, 1.54) is 31.5 Å². The van der Waals surface area contributed by atoms with Crippen molar-refractivity contribution in [1.82, 2.24) is 20.4 Å². The van der Waals surface area contributed by atoms with Crippen LogP contribution in [0.25, 0.3) is 6.08 Å². The Morgan fingerprint density at radius 3 is 2.57 bits per heavy atom. The molecule has 1 fully saturated rings. The lowest BCUT2D eigenvalue weighted by molar-refractivity contribution is 0.0957. The average molecular weight is 383 g/mol. The SMILES string of the molecule is CC/C=C\c1cc(Cn2nc(C(=O)NC)cc2C=O)ccc1C.CNC1CC1. The first-order chi connectivity index (χ1) is 13.5. The van der Waals surface area contributed by atoms with Gasteiger partial charge in [-0.15, -0.1) is 0 Å². The third-order valence-electron chi connectivity index (χ3n) is 4.59. The van der Waals surface area contributed by atoms with Gasteiger partial charge < -0.3 is 10.6 Å². The van der Waals surface area contributed by atoms with Crippen molar-refractivity contribution in [1.29, 1.82) is 0 Å². The average Bonchev–Trinajstić information content (AvgIpc) is 3.47. The highest BCUT2D eigenvalue weighted by Gasteiger charge is 2.17. The van der Waals surface area contributed by atoms with Crippen LogP contribution in [-0.2, 0) is 6.54 Å². The number of carbonyl (C=O) groups excluding carboxylic acids is 2. The number of nitrogens with zero attached hydrogens (tertiary/aromatic N) is 2. The fraction of sp³-hybridized carbons (Fsp3) is 0.409. The molecular weight excluding hydrogens is 352 g/mol. The third kappa shape index (κ3) is 6.16. The lowest BCUT2D eigenvalue weighted by Crippen LogP contribution is -2.18. The fourth-order valence-electron chi connectivity index (χ4n) is 2.65. The van der Waals surface area contributed by atoms with E-state index in [1.54, 1.807) is 4.68 Å². The van der Waals surface area contributed by atoms with Crippen molar-refractivity contribution in [3.8, 4) is 0 Å². The monoisotopic (exact) mass is 382 g/mol. The smallest absolute Gasteiger partial charge is 0.271 e. The highest BCUT2D eigenvalue weighted by atomic mass is 16.2. The highest BCUT2D eigenvalue weighted by molar-refractivity contribution is 5.93. The van der Waals surface area contributed by atoms with Gasteiger partial charge in [0.25, 0.3) is 5.91 Å². The van der Waals surface area contributed by atoms with E-state index in [0.717, 1.165) is 23.6 Å². The minimum absolute atomic E-state index is 0.243. The summed E-state index contributed by atoms with van der Waals surface area (Å²) >= 11 is 0. The molecule has 150 valence electrons. The fourth-order valence-corrected chi connectivity index (χ4v) is 2.65. The number of amides is 1. The zero-order valence-corrected chi connectivity index (χ0v) is 17.2. The lowest BCUT2D eigenvalue weighted by atomic mass is 10.0. The van der Waals surface area contributed by atoms with Crippen molar-refractivity contribution in [2.24, 2.45) is 0 Å². The summed E-state index contributed by atoms with van der Waals surface area (Å²) in [5, 5.41) is 9.87. The van der Waals surface area contributed by atoms with E-state index in [2.05, 4.69) is 53.9 Å². The number of hydrogen-bond acceptors (Lipinski definition) is 4. The van der Waals surface area contributed by atoms with Crippen molar-refractivity contribution in [3.05, 3.63) is 58.4 Å². The third-order valence-corrected chi connectivity index (χ3v) is 4.59. The number of aromatic nitrogens is 2. The van der Waals surface area contributed by atoms with Gasteiger partial charge in [-0.25, -0.2) is 0 Å². The predicted molar refractivity (Wildman–Crippen MR) is 113 cm³/mol. The second-order valence-corrected chi connectivity index (χ2v) is 6.87. The molecule has 2 aromatic rings. The van der Waals surface area contributed by atoms with Crippen molar-refractivity contribution in [2.75, 3.05) is 14.1 Å². The molecule has 2 N–H and O–H groups in total. The topological polar surface area (TPSA) is 76.0 Å². The number of rotatable bonds is 7. The van der Waals surface area contributed by atoms with Crippen LogP contribution in [0.15, 0.2) is 30.3 Å². The second-order valence-electron chi connectivity index (χ2n) is 6.87. The number of nitrogens with one attached hydrogen (secondary N) is 2. The summed E-state index contributed by atoms with van der Waals surface area (Å²) in [6.45, 7) is 4.60. The predicted octanol–water partition coefficient (Wildman–Crippen LogP) is 3.20. The quantitative estimate of drug-likeness (QED) is 0.721. The Morgan fingerprint density at radius 2 is 2.04 bits per heavy atom. The zero-order chi connectivity index (χ0) is 20.5. The Kier molecular flexibility index (Phi) is 8.14. The molecule has 1 aromatic carbocycles. The normalized spacial score (nSPS) is 13.1. The standard InChI is InChI=1S/C18H21N3O2.C4H9N/c1-4-5-6-15-9-14(8-7-13(15)2)11-21-16(12-22)10-17(20-21)18(23)19-3;1-5-4-2-3-4/h5-10,12H,4,11H2,1-3H3,(H,19,23);4-5H,2-3H2,1H3/b6-5-;. The van der Waals surface area contributed by atoms with E-state index < -0.39 is 0 Å². The minimum atomic E-state index is -0.303. The van der Waals surface area contributed by atoms with E-state index in [4.69, 9.17) is 0 Å². The number of benzene rings is 1. The van der Waals surface area contributed by atoms with Crippen molar-refractivity contribution in [2.45, 2.75) is 45.7 Å². The largest absolute Gasteiger partial charge is 0.354 e. The molecule has 1 aliphatic rings. The van der Waals surface area contributed by atoms with E-state index >= 15 is 0 Å². The Hall–Kier alpha value is -2.73. The molecule has 1 heterocycles. The molecule has 0 bridgehead atoms. The molecule has 0 atom stereocenters. The van der Waals surface area contributed by atoms with Crippen LogP contribution in [0.2, 0.25) is 0 Å². The summed E-state index contributed by atoms with van der Waals surface area (Å²) < 4.78 is 1.55. The lowest BCUT2D eigenvalue weighted by Gasteiger charge is -2.07. The van der Waals surface area contributed by atoms with Crippen molar-refractivity contribution in [3.63, 3.8) is 0 Å². The van der Waals surface area contributed by atoms with Crippen LogP contribution in [0, 0.1) is 6.92 Å². The molecule has 1 saturated carbocycles. The van der Waals surface area contributed by atoms with Gasteiger partial charge in [0.2, 0.25) is 0 Å². The van der Waals surface area contributed by atoms with E-state index in [1.807, 2.05) is 13.1 Å². The van der Waals surface area contributed by atoms with Crippen LogP contribution >= 0.6 is 0 Å². The number of hydrogen-bond donors (Lipinski definition) is 2. The van der Waals surface area contributed by atoms with Gasteiger partial charge in [-0.1, -0.05) is 31.2 Å². The highest BCUT2D eigenvalue weighted by Crippen LogP contribution is 2.17. The molecule has 1 aliphatic carbocycles. The molecule has 0 unspecified atom stereocenters. The Morgan fingerprint density at radius 1 is 1.29 bits per heavy atom. The van der Waals surface area contributed by atoms with Crippen LogP contribution in [0.3, 0.4) is 0 Å². The summed E-state index contributed by atoms with van der Waals surface area (Å²) in [6.07, 6.45) is 8.70. The van der Waals surface area contributed by atoms with Gasteiger partial charge in [-0.05, 0) is 62.1 Å². The second kappa shape index (κ2) is 10.6. The number of carbonyl (C=O) groups is 2. The minimum Gasteiger partial charge on any atom is -0.354 e. The van der Waals surface area contributed by atoms with Gasteiger partial charge >= 0.3 is 0 Å². The molecule has 6 nitrogen and oxygen atoms in total. The molecule has 0 saturated heterocycles. The number of aldehydes is 1. The van der Waals surface area contributed by atoms with E-state index in [0.29, 0.717) is 18.5 Å². The molecule has 28 heavy (non-hydrogen) atoms. The maximum Gasteiger partial charge on any atom is 0.271 e. The van der Waals surface area contributed by atoms with Gasteiger partial charge in [0.05, 0.1) is 6.54 Å². The molecular formula is C22H30N4O2. The molecule has 0 spiro atoms. The molecule has 6 heteroatoms. The van der Waals surface area contributed by atoms with Crippen LogP contribution < -0.4 is 10.6 Å². The molecule has 1 amide bonds. The molecule has 0 aliphatic heterocycles. The summed E-state index contributed by atoms with van der Waals surface area (Å²) in [5.41, 5.74) is 4.00. The van der Waals surface area contributed by atoms with Crippen molar-refractivity contribution < 1.29 is 9.59 Å². The summed E-state index contributed by atoms with van der Waals surface area (Å²) in [7, 11) is 3.55. The maximum atomic E-state index is 11.7. The van der Waals surface area contributed by atoms with Gasteiger partial charge in [-0.2, -0.15) is 5.10 Å². The first-order valence-corrected chi connectivity index (χ1v) is 9.70. The van der Waals surface area contributed by atoms with Gasteiger partial charge in [0.15, 0.2) is 12.0 Å². The summed E-state index contributed by atoms with van der Waals surface area (Å²) in [4.78, 5) is 22.9.